The summed E-state index contributed by atoms with van der Waals surface area (Å²) in [7, 11) is 4.86. The van der Waals surface area contributed by atoms with Gasteiger partial charge in [-0.05, 0) is 19.3 Å². The van der Waals surface area contributed by atoms with Gasteiger partial charge >= 0.3 is 0 Å². The zero-order valence-corrected chi connectivity index (χ0v) is 12.4. The first kappa shape index (κ1) is 14.8. The van der Waals surface area contributed by atoms with E-state index >= 15 is 0 Å². The Bertz CT molecular complexity index is 403. The second kappa shape index (κ2) is 7.24. The minimum atomic E-state index is 0.417. The van der Waals surface area contributed by atoms with Gasteiger partial charge in [-0.1, -0.05) is 0 Å². The van der Waals surface area contributed by atoms with Crippen molar-refractivity contribution in [3.05, 3.63) is 12.1 Å². The molecule has 0 radical (unpaired) electrons. The van der Waals surface area contributed by atoms with Gasteiger partial charge in [0.05, 0.1) is 21.3 Å². The molecule has 1 saturated heterocycles. The zero-order chi connectivity index (χ0) is 14.4. The van der Waals surface area contributed by atoms with Gasteiger partial charge in [-0.15, -0.1) is 0 Å². The highest BCUT2D eigenvalue weighted by atomic mass is 16.5. The average molecular weight is 281 g/mol. The summed E-state index contributed by atoms with van der Waals surface area (Å²) in [6.07, 6.45) is 3.20. The predicted octanol–water partition coefficient (Wildman–Crippen LogP) is 2.69. The van der Waals surface area contributed by atoms with Crippen LogP contribution in [0.15, 0.2) is 12.1 Å². The quantitative estimate of drug-likeness (QED) is 0.899. The van der Waals surface area contributed by atoms with Crippen molar-refractivity contribution in [3.63, 3.8) is 0 Å². The minimum Gasteiger partial charge on any atom is -0.493 e. The predicted molar refractivity (Wildman–Crippen MR) is 78.2 cm³/mol. The van der Waals surface area contributed by atoms with Crippen molar-refractivity contribution in [1.82, 2.24) is 0 Å². The van der Waals surface area contributed by atoms with Crippen LogP contribution < -0.4 is 19.5 Å². The summed E-state index contributed by atoms with van der Waals surface area (Å²) in [5.74, 6) is 1.95. The molecule has 20 heavy (non-hydrogen) atoms. The number of nitrogens with one attached hydrogen (secondary N) is 1. The van der Waals surface area contributed by atoms with Gasteiger partial charge < -0.3 is 24.3 Å². The lowest BCUT2D eigenvalue weighted by atomic mass is 10.1. The van der Waals surface area contributed by atoms with E-state index in [2.05, 4.69) is 5.32 Å². The zero-order valence-electron chi connectivity index (χ0n) is 12.4. The second-order valence-electron chi connectivity index (χ2n) is 4.80. The fourth-order valence-electron chi connectivity index (χ4n) is 2.45. The van der Waals surface area contributed by atoms with Crippen LogP contribution in [0.1, 0.15) is 19.3 Å². The maximum absolute atomic E-state index is 5.48. The highest BCUT2D eigenvalue weighted by Crippen LogP contribution is 2.40. The van der Waals surface area contributed by atoms with Crippen molar-refractivity contribution in [2.75, 3.05) is 39.9 Å². The summed E-state index contributed by atoms with van der Waals surface area (Å²) in [5, 5.41) is 3.53. The summed E-state index contributed by atoms with van der Waals surface area (Å²) in [5.41, 5.74) is 0.978. The molecule has 0 saturated carbocycles. The monoisotopic (exact) mass is 281 g/mol. The number of rotatable bonds is 5. The molecule has 0 amide bonds. The molecule has 5 heteroatoms. The van der Waals surface area contributed by atoms with Crippen LogP contribution in [-0.4, -0.2) is 40.6 Å². The van der Waals surface area contributed by atoms with Gasteiger partial charge in [0.1, 0.15) is 0 Å². The first-order chi connectivity index (χ1) is 9.78. The summed E-state index contributed by atoms with van der Waals surface area (Å²) in [6.45, 7) is 1.66. The molecule has 1 aliphatic heterocycles. The standard InChI is InChI=1S/C15H23NO4/c1-17-13-9-12(10-14(18-2)15(13)19-3)16-11-5-4-7-20-8-6-11/h9-11,16H,4-8H2,1-3H3. The molecule has 0 spiro atoms. The molecule has 1 N–H and O–H groups in total. The number of methoxy groups -OCH3 is 3. The van der Waals surface area contributed by atoms with E-state index in [1.807, 2.05) is 12.1 Å². The molecule has 1 unspecified atom stereocenters. The van der Waals surface area contributed by atoms with Crippen molar-refractivity contribution in [1.29, 1.82) is 0 Å². The smallest absolute Gasteiger partial charge is 0.203 e. The van der Waals surface area contributed by atoms with E-state index in [1.165, 1.54) is 0 Å². The molecule has 1 fully saturated rings. The van der Waals surface area contributed by atoms with Gasteiger partial charge in [0.25, 0.3) is 0 Å². The number of anilines is 1. The highest BCUT2D eigenvalue weighted by Gasteiger charge is 2.16. The van der Waals surface area contributed by atoms with Crippen molar-refractivity contribution in [2.45, 2.75) is 25.3 Å². The Labute approximate surface area is 120 Å². The summed E-state index contributed by atoms with van der Waals surface area (Å²) in [6, 6.07) is 4.29. The van der Waals surface area contributed by atoms with Crippen LogP contribution in [-0.2, 0) is 4.74 Å². The van der Waals surface area contributed by atoms with Crippen molar-refractivity contribution < 1.29 is 18.9 Å². The van der Waals surface area contributed by atoms with E-state index in [0.29, 0.717) is 23.3 Å². The maximum atomic E-state index is 5.48. The Morgan fingerprint density at radius 3 is 2.30 bits per heavy atom. The third-order valence-corrected chi connectivity index (χ3v) is 3.49. The summed E-state index contributed by atoms with van der Waals surface area (Å²) >= 11 is 0. The van der Waals surface area contributed by atoms with Gasteiger partial charge in [-0.3, -0.25) is 0 Å². The number of ether oxygens (including phenoxy) is 4. The second-order valence-corrected chi connectivity index (χ2v) is 4.80. The molecular formula is C15H23NO4. The van der Waals surface area contributed by atoms with E-state index < -0.39 is 0 Å². The largest absolute Gasteiger partial charge is 0.493 e. The molecule has 1 aliphatic rings. The van der Waals surface area contributed by atoms with Gasteiger partial charge in [-0.2, -0.15) is 0 Å². The summed E-state index contributed by atoms with van der Waals surface area (Å²) in [4.78, 5) is 0. The van der Waals surface area contributed by atoms with Gasteiger partial charge in [0.2, 0.25) is 5.75 Å². The van der Waals surface area contributed by atoms with Crippen molar-refractivity contribution in [3.8, 4) is 17.2 Å². The average Bonchev–Trinajstić information content (AvgIpc) is 2.74. The molecule has 0 bridgehead atoms. The fourth-order valence-corrected chi connectivity index (χ4v) is 2.45. The van der Waals surface area contributed by atoms with Crippen molar-refractivity contribution in [2.24, 2.45) is 0 Å². The van der Waals surface area contributed by atoms with E-state index in [-0.39, 0.29) is 0 Å². The molecule has 112 valence electrons. The van der Waals surface area contributed by atoms with Crippen molar-refractivity contribution >= 4 is 5.69 Å². The van der Waals surface area contributed by atoms with Gasteiger partial charge in [0.15, 0.2) is 11.5 Å². The lowest BCUT2D eigenvalue weighted by molar-refractivity contribution is 0.144. The molecular weight excluding hydrogens is 258 g/mol. The maximum Gasteiger partial charge on any atom is 0.203 e. The summed E-state index contributed by atoms with van der Waals surface area (Å²) < 4.78 is 21.5. The van der Waals surface area contributed by atoms with Gasteiger partial charge in [0, 0.05) is 37.1 Å². The first-order valence-corrected chi connectivity index (χ1v) is 6.92. The number of hydrogen-bond donors (Lipinski definition) is 1. The Morgan fingerprint density at radius 1 is 1.00 bits per heavy atom. The van der Waals surface area contributed by atoms with Crippen LogP contribution in [0.3, 0.4) is 0 Å². The minimum absolute atomic E-state index is 0.417. The molecule has 0 aliphatic carbocycles. The van der Waals surface area contributed by atoms with E-state index in [4.69, 9.17) is 18.9 Å². The Kier molecular flexibility index (Phi) is 5.35. The lowest BCUT2D eigenvalue weighted by Crippen LogP contribution is -2.19. The first-order valence-electron chi connectivity index (χ1n) is 6.92. The topological polar surface area (TPSA) is 49.0 Å². The van der Waals surface area contributed by atoms with Gasteiger partial charge in [-0.25, -0.2) is 0 Å². The van der Waals surface area contributed by atoms with Crippen LogP contribution in [0.25, 0.3) is 0 Å². The van der Waals surface area contributed by atoms with Crippen LogP contribution in [0, 0.1) is 0 Å². The molecule has 5 nitrogen and oxygen atoms in total. The Balaban J connectivity index is 2.18. The molecule has 2 rings (SSSR count). The van der Waals surface area contributed by atoms with Crippen LogP contribution >= 0.6 is 0 Å². The SMILES string of the molecule is COc1cc(NC2CCCOCC2)cc(OC)c1OC. The molecule has 1 aromatic rings. The highest BCUT2D eigenvalue weighted by molar-refractivity contribution is 5.62. The molecule has 1 atom stereocenters. The van der Waals surface area contributed by atoms with E-state index in [0.717, 1.165) is 38.2 Å². The van der Waals surface area contributed by atoms with Crippen LogP contribution in [0.4, 0.5) is 5.69 Å². The molecule has 0 aromatic heterocycles. The number of benzene rings is 1. The normalized spacial score (nSPS) is 19.1. The third kappa shape index (κ3) is 3.48. The molecule has 1 heterocycles. The lowest BCUT2D eigenvalue weighted by Gasteiger charge is -2.20. The number of hydrogen-bond acceptors (Lipinski definition) is 5. The van der Waals surface area contributed by atoms with E-state index in [1.54, 1.807) is 21.3 Å². The van der Waals surface area contributed by atoms with E-state index in [9.17, 15) is 0 Å². The van der Waals surface area contributed by atoms with Crippen LogP contribution in [0.5, 0.6) is 17.2 Å². The third-order valence-electron chi connectivity index (χ3n) is 3.49. The fraction of sp³-hybridized carbons (Fsp3) is 0.600. The molecule has 1 aromatic carbocycles. The van der Waals surface area contributed by atoms with Crippen LogP contribution in [0.2, 0.25) is 0 Å². The Morgan fingerprint density at radius 2 is 1.70 bits per heavy atom. The Hall–Kier alpha value is -1.62.